The molecule has 0 spiro atoms. The molecule has 4 N–H and O–H groups in total. The molecule has 1 amide bonds. The fourth-order valence-electron chi connectivity index (χ4n) is 2.94. The van der Waals surface area contributed by atoms with Crippen molar-refractivity contribution in [3.63, 3.8) is 0 Å². The van der Waals surface area contributed by atoms with Crippen molar-refractivity contribution in [2.24, 2.45) is 11.7 Å². The number of primary amides is 1. The van der Waals surface area contributed by atoms with Crippen molar-refractivity contribution in [3.05, 3.63) is 39.0 Å². The third kappa shape index (κ3) is 4.09. The molecule has 1 aromatic heterocycles. The summed E-state index contributed by atoms with van der Waals surface area (Å²) in [5.41, 5.74) is 6.79. The Morgan fingerprint density at radius 1 is 1.59 bits per heavy atom. The van der Waals surface area contributed by atoms with Crippen LogP contribution in [0.1, 0.15) is 28.4 Å². The highest BCUT2D eigenvalue weighted by atomic mass is 79.9. The molecule has 2 atom stereocenters. The van der Waals surface area contributed by atoms with E-state index in [1.165, 1.54) is 6.20 Å². The zero-order valence-electron chi connectivity index (χ0n) is 14.2. The number of hydrogen-bond donors (Lipinski definition) is 3. The predicted molar refractivity (Wildman–Crippen MR) is 103 cm³/mol. The molecule has 0 saturated carbocycles. The second kappa shape index (κ2) is 8.27. The Morgan fingerprint density at radius 3 is 3.04 bits per heavy atom. The molecule has 10 heteroatoms. The highest BCUT2D eigenvalue weighted by Crippen LogP contribution is 2.33. The van der Waals surface area contributed by atoms with Crippen molar-refractivity contribution < 1.29 is 14.6 Å². The van der Waals surface area contributed by atoms with Gasteiger partial charge in [-0.25, -0.2) is 0 Å². The number of amides is 1. The minimum Gasteiger partial charge on any atom is -0.392 e. The van der Waals surface area contributed by atoms with Gasteiger partial charge in [-0.2, -0.15) is 10.4 Å². The average Bonchev–Trinajstić information content (AvgIpc) is 3.08. The molecule has 0 aliphatic carbocycles. The summed E-state index contributed by atoms with van der Waals surface area (Å²) in [5, 5.41) is 26.6. The first kappa shape index (κ1) is 19.6. The lowest BCUT2D eigenvalue weighted by Gasteiger charge is -2.26. The van der Waals surface area contributed by atoms with E-state index in [1.807, 2.05) is 0 Å². The zero-order chi connectivity index (χ0) is 19.6. The number of aliphatic hydroxyl groups is 1. The van der Waals surface area contributed by atoms with E-state index in [0.29, 0.717) is 40.4 Å². The van der Waals surface area contributed by atoms with Crippen LogP contribution in [0.4, 0.5) is 11.5 Å². The molecule has 2 aromatic rings. The van der Waals surface area contributed by atoms with Gasteiger partial charge in [0.15, 0.2) is 5.82 Å². The SMILES string of the molecule is N#C[C@H]1CCOC[C@@H]1n1cc(C(N)=O)c(Nc2cc(Cl)c(Br)c(CO)c2)n1. The Balaban J connectivity index is 1.96. The van der Waals surface area contributed by atoms with Crippen LogP contribution in [0.15, 0.2) is 22.8 Å². The molecule has 27 heavy (non-hydrogen) atoms. The number of anilines is 2. The summed E-state index contributed by atoms with van der Waals surface area (Å²) in [4.78, 5) is 11.9. The molecule has 142 valence electrons. The highest BCUT2D eigenvalue weighted by molar-refractivity contribution is 9.10. The van der Waals surface area contributed by atoms with E-state index in [4.69, 9.17) is 22.1 Å². The molecular weight excluding hydrogens is 438 g/mol. The number of carbonyl (C=O) groups is 1. The third-order valence-corrected chi connectivity index (χ3v) is 5.83. The smallest absolute Gasteiger partial charge is 0.254 e. The van der Waals surface area contributed by atoms with Crippen LogP contribution in [-0.2, 0) is 11.3 Å². The quantitative estimate of drug-likeness (QED) is 0.637. The molecule has 0 bridgehead atoms. The molecule has 1 aromatic carbocycles. The van der Waals surface area contributed by atoms with Gasteiger partial charge in [-0.3, -0.25) is 9.48 Å². The molecule has 1 fully saturated rings. The summed E-state index contributed by atoms with van der Waals surface area (Å²) in [6.45, 7) is 0.637. The number of hydrogen-bond acceptors (Lipinski definition) is 6. The van der Waals surface area contributed by atoms with Gasteiger partial charge in [0, 0.05) is 23.0 Å². The van der Waals surface area contributed by atoms with Gasteiger partial charge in [0.2, 0.25) is 0 Å². The molecule has 0 radical (unpaired) electrons. The maximum absolute atomic E-state index is 11.9. The molecule has 0 unspecified atom stereocenters. The Hall–Kier alpha value is -2.12. The van der Waals surface area contributed by atoms with Crippen LogP contribution in [-0.4, -0.2) is 34.0 Å². The van der Waals surface area contributed by atoms with Crippen LogP contribution < -0.4 is 11.1 Å². The normalized spacial score (nSPS) is 19.5. The Bertz CT molecular complexity index is 911. The van der Waals surface area contributed by atoms with E-state index in [2.05, 4.69) is 32.4 Å². The van der Waals surface area contributed by atoms with Gasteiger partial charge < -0.3 is 20.9 Å². The second-order valence-electron chi connectivity index (χ2n) is 6.12. The number of halogens is 2. The first-order valence-corrected chi connectivity index (χ1v) is 9.33. The number of nitrogens with zero attached hydrogens (tertiary/aromatic N) is 3. The summed E-state index contributed by atoms with van der Waals surface area (Å²) >= 11 is 9.47. The van der Waals surface area contributed by atoms with Gasteiger partial charge in [0.1, 0.15) is 5.56 Å². The third-order valence-electron chi connectivity index (χ3n) is 4.37. The lowest BCUT2D eigenvalue weighted by Crippen LogP contribution is -2.29. The van der Waals surface area contributed by atoms with E-state index in [-0.39, 0.29) is 29.9 Å². The minimum atomic E-state index is -0.653. The molecule has 3 rings (SSSR count). The number of aromatic nitrogens is 2. The molecule has 8 nitrogen and oxygen atoms in total. The van der Waals surface area contributed by atoms with Gasteiger partial charge in [0.05, 0.1) is 36.3 Å². The van der Waals surface area contributed by atoms with Crippen LogP contribution in [0, 0.1) is 17.2 Å². The molecule has 1 aliphatic rings. The Morgan fingerprint density at radius 2 is 2.37 bits per heavy atom. The highest BCUT2D eigenvalue weighted by Gasteiger charge is 2.29. The molecule has 1 aliphatic heterocycles. The van der Waals surface area contributed by atoms with Gasteiger partial charge in [-0.05, 0) is 40.0 Å². The summed E-state index contributed by atoms with van der Waals surface area (Å²) in [7, 11) is 0. The largest absolute Gasteiger partial charge is 0.392 e. The van der Waals surface area contributed by atoms with Gasteiger partial charge >= 0.3 is 0 Å². The van der Waals surface area contributed by atoms with Crippen molar-refractivity contribution in [1.82, 2.24) is 9.78 Å². The zero-order valence-corrected chi connectivity index (χ0v) is 16.5. The molecule has 1 saturated heterocycles. The van der Waals surface area contributed by atoms with Crippen LogP contribution in [0.3, 0.4) is 0 Å². The number of rotatable bonds is 5. The number of benzene rings is 1. The maximum Gasteiger partial charge on any atom is 0.254 e. The fourth-order valence-corrected chi connectivity index (χ4v) is 3.53. The van der Waals surface area contributed by atoms with E-state index in [0.717, 1.165) is 0 Å². The van der Waals surface area contributed by atoms with Crippen molar-refractivity contribution in [2.45, 2.75) is 19.1 Å². The van der Waals surface area contributed by atoms with Crippen LogP contribution in [0.25, 0.3) is 0 Å². The maximum atomic E-state index is 11.9. The van der Waals surface area contributed by atoms with Crippen LogP contribution in [0.5, 0.6) is 0 Å². The number of nitrogens with two attached hydrogens (primary N) is 1. The van der Waals surface area contributed by atoms with Crippen LogP contribution in [0.2, 0.25) is 5.02 Å². The van der Waals surface area contributed by atoms with Crippen LogP contribution >= 0.6 is 27.5 Å². The lowest BCUT2D eigenvalue weighted by atomic mass is 9.97. The van der Waals surface area contributed by atoms with E-state index >= 15 is 0 Å². The standard InChI is InChI=1S/C17H17BrClN5O3/c18-15-10(7-25)3-11(4-13(15)19)22-17-12(16(21)26)6-24(23-17)14-8-27-2-1-9(14)5-20/h3-4,6,9,14,25H,1-2,7-8H2,(H2,21,26)(H,22,23)/t9-,14+/m1/s1. The lowest BCUT2D eigenvalue weighted by molar-refractivity contribution is 0.0342. The van der Waals surface area contributed by atoms with Gasteiger partial charge in [0.25, 0.3) is 5.91 Å². The summed E-state index contributed by atoms with van der Waals surface area (Å²) < 4.78 is 7.59. The van der Waals surface area contributed by atoms with Crippen molar-refractivity contribution in [1.29, 1.82) is 5.26 Å². The number of nitriles is 1. The molecule has 2 heterocycles. The number of aliphatic hydroxyl groups excluding tert-OH is 1. The average molecular weight is 455 g/mol. The van der Waals surface area contributed by atoms with Crippen molar-refractivity contribution >= 4 is 44.9 Å². The van der Waals surface area contributed by atoms with Gasteiger partial charge in [-0.15, -0.1) is 0 Å². The van der Waals surface area contributed by atoms with E-state index < -0.39 is 5.91 Å². The first-order chi connectivity index (χ1) is 12.9. The predicted octanol–water partition coefficient (Wildman–Crippen LogP) is 2.73. The minimum absolute atomic E-state index is 0.182. The summed E-state index contributed by atoms with van der Waals surface area (Å²) in [6, 6.07) is 5.27. The van der Waals surface area contributed by atoms with Crippen molar-refractivity contribution in [2.75, 3.05) is 18.5 Å². The molecular formula is C17H17BrClN5O3. The van der Waals surface area contributed by atoms with E-state index in [9.17, 15) is 15.2 Å². The first-order valence-electron chi connectivity index (χ1n) is 8.16. The van der Waals surface area contributed by atoms with Crippen molar-refractivity contribution in [3.8, 4) is 6.07 Å². The number of ether oxygens (including phenoxy) is 1. The van der Waals surface area contributed by atoms with Gasteiger partial charge in [-0.1, -0.05) is 11.6 Å². The van der Waals surface area contributed by atoms with E-state index in [1.54, 1.807) is 16.8 Å². The fraction of sp³-hybridized carbons (Fsp3) is 0.353. The summed E-state index contributed by atoms with van der Waals surface area (Å²) in [5.74, 6) is -0.679. The summed E-state index contributed by atoms with van der Waals surface area (Å²) in [6.07, 6.45) is 2.11. The Labute approximate surface area is 169 Å². The topological polar surface area (TPSA) is 126 Å². The monoisotopic (exact) mass is 453 g/mol. The Kier molecular flexibility index (Phi) is 6.01. The number of carbonyl (C=O) groups excluding carboxylic acids is 1. The second-order valence-corrected chi connectivity index (χ2v) is 7.32. The number of nitrogens with one attached hydrogen (secondary N) is 1.